The molecule has 0 radical (unpaired) electrons. The van der Waals surface area contributed by atoms with Crippen LogP contribution in [0.25, 0.3) is 0 Å². The number of aliphatic hydroxyl groups is 1. The van der Waals surface area contributed by atoms with Gasteiger partial charge in [-0.3, -0.25) is 9.47 Å². The number of nitrogens with one attached hydrogen (secondary N) is 2. The summed E-state index contributed by atoms with van der Waals surface area (Å²) in [6, 6.07) is 0. The van der Waals surface area contributed by atoms with Gasteiger partial charge in [-0.1, -0.05) is 0 Å². The third-order valence-electron chi connectivity index (χ3n) is 3.99. The lowest BCUT2D eigenvalue weighted by Gasteiger charge is -2.34. The zero-order valence-electron chi connectivity index (χ0n) is 15.3. The van der Waals surface area contributed by atoms with Gasteiger partial charge >= 0.3 is 6.55 Å². The van der Waals surface area contributed by atoms with E-state index < -0.39 is 12.2 Å². The van der Waals surface area contributed by atoms with Gasteiger partial charge in [0.2, 0.25) is 0 Å². The number of nitrogens with zero attached hydrogens (tertiary/aromatic N) is 4. The van der Waals surface area contributed by atoms with E-state index in [0.29, 0.717) is 32.3 Å². The van der Waals surface area contributed by atoms with Crippen molar-refractivity contribution in [2.45, 2.75) is 32.5 Å². The van der Waals surface area contributed by atoms with Crippen LogP contribution in [-0.4, -0.2) is 77.1 Å². The number of morpholine rings is 1. The Balaban J connectivity index is 1.90. The lowest BCUT2D eigenvalue weighted by Crippen LogP contribution is -2.53. The number of guanidine groups is 1. The maximum absolute atomic E-state index is 12.9. The van der Waals surface area contributed by atoms with Crippen LogP contribution in [0.15, 0.2) is 17.4 Å². The van der Waals surface area contributed by atoms with Gasteiger partial charge in [-0.05, 0) is 13.8 Å². The summed E-state index contributed by atoms with van der Waals surface area (Å²) in [4.78, 5) is 10.3. The second-order valence-electron chi connectivity index (χ2n) is 6.46. The molecule has 1 fully saturated rings. The van der Waals surface area contributed by atoms with Gasteiger partial charge in [0.15, 0.2) is 5.96 Å². The third-order valence-corrected chi connectivity index (χ3v) is 3.99. The van der Waals surface area contributed by atoms with E-state index in [9.17, 15) is 13.9 Å². The molecule has 8 nitrogen and oxygen atoms in total. The Labute approximate surface area is 152 Å². The van der Waals surface area contributed by atoms with Crippen molar-refractivity contribution in [2.75, 3.05) is 45.9 Å². The summed E-state index contributed by atoms with van der Waals surface area (Å²) in [5, 5.41) is 16.7. The molecule has 1 aromatic heterocycles. The molecule has 0 saturated carbocycles. The Morgan fingerprint density at radius 1 is 1.42 bits per heavy atom. The predicted octanol–water partition coefficient (Wildman–Crippen LogP) is 0.417. The van der Waals surface area contributed by atoms with Gasteiger partial charge in [0.05, 0.1) is 18.8 Å². The minimum Gasteiger partial charge on any atom is -0.387 e. The van der Waals surface area contributed by atoms with Gasteiger partial charge in [0.1, 0.15) is 12.4 Å². The van der Waals surface area contributed by atoms with Gasteiger partial charge < -0.3 is 20.5 Å². The van der Waals surface area contributed by atoms with Crippen molar-refractivity contribution >= 4 is 5.96 Å². The van der Waals surface area contributed by atoms with Gasteiger partial charge in [-0.15, -0.1) is 0 Å². The molecule has 26 heavy (non-hydrogen) atoms. The second kappa shape index (κ2) is 9.79. The first-order valence-corrected chi connectivity index (χ1v) is 8.76. The standard InChI is InChI=1S/C16H28F2N6O2/c1-3-19-15(21-10-13-20-4-5-24(13)14(17)18)22-11-16(2,25)12-23-6-8-26-9-7-23/h4-5,14,25H,3,6-12H2,1-2H3,(H2,19,21,22). The molecule has 2 heterocycles. The van der Waals surface area contributed by atoms with Crippen molar-refractivity contribution in [3.63, 3.8) is 0 Å². The SMILES string of the molecule is CCNC(=NCc1nccn1C(F)F)NCC(C)(O)CN1CCOCC1. The van der Waals surface area contributed by atoms with Crippen LogP contribution in [0.3, 0.4) is 0 Å². The van der Waals surface area contributed by atoms with E-state index in [2.05, 4.69) is 25.5 Å². The van der Waals surface area contributed by atoms with E-state index in [4.69, 9.17) is 4.74 Å². The van der Waals surface area contributed by atoms with E-state index >= 15 is 0 Å². The zero-order chi connectivity index (χ0) is 19.0. The van der Waals surface area contributed by atoms with E-state index in [1.165, 1.54) is 12.4 Å². The number of β-amino-alcohol motifs (C(OH)–C–C–N with tert-alkyl or cyclic N) is 1. The normalized spacial score (nSPS) is 18.8. The molecule has 1 aliphatic heterocycles. The molecule has 0 aliphatic carbocycles. The van der Waals surface area contributed by atoms with E-state index in [-0.39, 0.29) is 18.9 Å². The van der Waals surface area contributed by atoms with E-state index in [1.54, 1.807) is 6.92 Å². The summed E-state index contributed by atoms with van der Waals surface area (Å²) in [7, 11) is 0. The lowest BCUT2D eigenvalue weighted by molar-refractivity contribution is -0.0201. The molecule has 0 spiro atoms. The number of ether oxygens (including phenoxy) is 1. The summed E-state index contributed by atoms with van der Waals surface area (Å²) in [6.45, 7) is 5.35. The molecule has 1 unspecified atom stereocenters. The highest BCUT2D eigenvalue weighted by Crippen LogP contribution is 2.13. The maximum Gasteiger partial charge on any atom is 0.319 e. The molecule has 1 aromatic rings. The first-order valence-electron chi connectivity index (χ1n) is 8.76. The highest BCUT2D eigenvalue weighted by Gasteiger charge is 2.25. The molecular formula is C16H28F2N6O2. The summed E-state index contributed by atoms with van der Waals surface area (Å²) >= 11 is 0. The quantitative estimate of drug-likeness (QED) is 0.452. The van der Waals surface area contributed by atoms with Crippen molar-refractivity contribution in [3.05, 3.63) is 18.2 Å². The smallest absolute Gasteiger partial charge is 0.319 e. The summed E-state index contributed by atoms with van der Waals surface area (Å²) in [5.74, 6) is 0.621. The highest BCUT2D eigenvalue weighted by atomic mass is 19.3. The average molecular weight is 374 g/mol. The van der Waals surface area contributed by atoms with Crippen molar-refractivity contribution < 1.29 is 18.6 Å². The van der Waals surface area contributed by atoms with Crippen molar-refractivity contribution in [1.82, 2.24) is 25.1 Å². The van der Waals surface area contributed by atoms with E-state index in [0.717, 1.165) is 17.7 Å². The molecular weight excluding hydrogens is 346 g/mol. The lowest BCUT2D eigenvalue weighted by atomic mass is 10.1. The van der Waals surface area contributed by atoms with Crippen LogP contribution in [0, 0.1) is 0 Å². The molecule has 0 aromatic carbocycles. The fourth-order valence-electron chi connectivity index (χ4n) is 2.71. The summed E-state index contributed by atoms with van der Waals surface area (Å²) in [5.41, 5.74) is -0.963. The molecule has 2 rings (SSSR count). The van der Waals surface area contributed by atoms with Crippen molar-refractivity contribution in [3.8, 4) is 0 Å². The van der Waals surface area contributed by atoms with Crippen LogP contribution in [0.2, 0.25) is 0 Å². The maximum atomic E-state index is 12.9. The minimum absolute atomic E-state index is 0.0122. The molecule has 148 valence electrons. The third kappa shape index (κ3) is 6.50. The number of aromatic nitrogens is 2. The Morgan fingerprint density at radius 3 is 2.81 bits per heavy atom. The first kappa shape index (κ1) is 20.5. The van der Waals surface area contributed by atoms with Crippen LogP contribution < -0.4 is 10.6 Å². The van der Waals surface area contributed by atoms with Crippen LogP contribution in [0.4, 0.5) is 8.78 Å². The first-order chi connectivity index (χ1) is 12.4. The Kier molecular flexibility index (Phi) is 7.73. The van der Waals surface area contributed by atoms with Gasteiger partial charge in [0, 0.05) is 45.1 Å². The molecule has 1 aliphatic rings. The Bertz CT molecular complexity index is 573. The monoisotopic (exact) mass is 374 g/mol. The highest BCUT2D eigenvalue weighted by molar-refractivity contribution is 5.79. The second-order valence-corrected chi connectivity index (χ2v) is 6.46. The molecule has 10 heteroatoms. The van der Waals surface area contributed by atoms with Crippen molar-refractivity contribution in [2.24, 2.45) is 4.99 Å². The molecule has 3 N–H and O–H groups in total. The fraction of sp³-hybridized carbons (Fsp3) is 0.750. The number of hydrogen-bond donors (Lipinski definition) is 3. The number of alkyl halides is 2. The number of imidazole rings is 1. The number of halogens is 2. The summed E-state index contributed by atoms with van der Waals surface area (Å²) in [6.07, 6.45) is 2.55. The van der Waals surface area contributed by atoms with E-state index in [1.807, 2.05) is 6.92 Å². The molecule has 0 bridgehead atoms. The van der Waals surface area contributed by atoms with Gasteiger partial charge in [-0.25, -0.2) is 9.98 Å². The Hall–Kier alpha value is -1.78. The van der Waals surface area contributed by atoms with Crippen molar-refractivity contribution in [1.29, 1.82) is 0 Å². The largest absolute Gasteiger partial charge is 0.387 e. The molecule has 1 saturated heterocycles. The van der Waals surface area contributed by atoms with Crippen LogP contribution >= 0.6 is 0 Å². The molecule has 0 amide bonds. The van der Waals surface area contributed by atoms with Crippen LogP contribution in [-0.2, 0) is 11.3 Å². The number of aliphatic imine (C=N–C) groups is 1. The predicted molar refractivity (Wildman–Crippen MR) is 94.2 cm³/mol. The average Bonchev–Trinajstić information content (AvgIpc) is 3.07. The zero-order valence-corrected chi connectivity index (χ0v) is 15.3. The molecule has 1 atom stereocenters. The number of hydrogen-bond acceptors (Lipinski definition) is 5. The van der Waals surface area contributed by atoms with Gasteiger partial charge in [-0.2, -0.15) is 8.78 Å². The minimum atomic E-state index is -2.65. The van der Waals surface area contributed by atoms with Crippen LogP contribution in [0.1, 0.15) is 26.2 Å². The van der Waals surface area contributed by atoms with Gasteiger partial charge in [0.25, 0.3) is 0 Å². The fourth-order valence-corrected chi connectivity index (χ4v) is 2.71. The number of rotatable bonds is 8. The Morgan fingerprint density at radius 2 is 2.15 bits per heavy atom. The summed E-state index contributed by atoms with van der Waals surface area (Å²) < 4.78 is 31.8. The van der Waals surface area contributed by atoms with Crippen LogP contribution in [0.5, 0.6) is 0 Å². The topological polar surface area (TPSA) is 86.9 Å².